The summed E-state index contributed by atoms with van der Waals surface area (Å²) in [5.41, 5.74) is -0.105. The van der Waals surface area contributed by atoms with Crippen LogP contribution in [0.5, 0.6) is 0 Å². The molecule has 10 nitrogen and oxygen atoms in total. The molecule has 1 N–H and O–H groups in total. The molecule has 0 amide bonds. The molecule has 0 bridgehead atoms. The minimum absolute atomic E-state index is 0.0958. The SMILES string of the molecule is CC(C)OP(=O)(O)OCC1CC(C)C(n2ccc(=O)n(COCc3ccccc3)c2=O)O1. The maximum Gasteiger partial charge on any atom is 0.472 e. The molecule has 3 rings (SSSR count). The quantitative estimate of drug-likeness (QED) is 0.529. The fourth-order valence-electron chi connectivity index (χ4n) is 3.51. The van der Waals surface area contributed by atoms with Crippen LogP contribution in [0.2, 0.25) is 0 Å². The number of ether oxygens (including phenoxy) is 2. The molecule has 2 heterocycles. The average Bonchev–Trinajstić information content (AvgIpc) is 3.09. The monoisotopic (exact) mass is 468 g/mol. The number of hydrogen-bond acceptors (Lipinski definition) is 7. The van der Waals surface area contributed by atoms with Crippen molar-refractivity contribution in [3.8, 4) is 0 Å². The van der Waals surface area contributed by atoms with Crippen molar-refractivity contribution in [1.82, 2.24) is 9.13 Å². The van der Waals surface area contributed by atoms with Gasteiger partial charge in [0.05, 0.1) is 25.4 Å². The number of aromatic nitrogens is 2. The smallest absolute Gasteiger partial charge is 0.356 e. The lowest BCUT2D eigenvalue weighted by Gasteiger charge is -2.20. The van der Waals surface area contributed by atoms with Gasteiger partial charge in [0.2, 0.25) is 0 Å². The molecule has 11 heteroatoms. The van der Waals surface area contributed by atoms with Crippen LogP contribution < -0.4 is 11.2 Å². The van der Waals surface area contributed by atoms with E-state index >= 15 is 0 Å². The molecule has 2 aromatic rings. The number of rotatable bonds is 10. The molecule has 1 fully saturated rings. The van der Waals surface area contributed by atoms with E-state index in [1.165, 1.54) is 16.8 Å². The third kappa shape index (κ3) is 6.48. The van der Waals surface area contributed by atoms with E-state index in [9.17, 15) is 19.0 Å². The van der Waals surface area contributed by atoms with E-state index in [-0.39, 0.29) is 25.9 Å². The molecule has 1 aliphatic heterocycles. The molecule has 4 unspecified atom stereocenters. The molecule has 0 aliphatic carbocycles. The summed E-state index contributed by atoms with van der Waals surface area (Å²) in [5, 5.41) is 0. The van der Waals surface area contributed by atoms with E-state index in [1.807, 2.05) is 37.3 Å². The van der Waals surface area contributed by atoms with Gasteiger partial charge in [0.1, 0.15) is 13.0 Å². The van der Waals surface area contributed by atoms with Crippen LogP contribution in [0.15, 0.2) is 52.2 Å². The van der Waals surface area contributed by atoms with Crippen LogP contribution >= 0.6 is 7.82 Å². The lowest BCUT2D eigenvalue weighted by molar-refractivity contribution is -0.0374. The normalized spacial score (nSPS) is 22.8. The van der Waals surface area contributed by atoms with Gasteiger partial charge in [0, 0.05) is 18.2 Å². The van der Waals surface area contributed by atoms with E-state index in [2.05, 4.69) is 0 Å². The highest BCUT2D eigenvalue weighted by Crippen LogP contribution is 2.45. The van der Waals surface area contributed by atoms with Crippen LogP contribution in [0.4, 0.5) is 0 Å². The summed E-state index contributed by atoms with van der Waals surface area (Å²) in [7, 11) is -4.19. The van der Waals surface area contributed by atoms with Crippen molar-refractivity contribution in [1.29, 1.82) is 0 Å². The Labute approximate surface area is 185 Å². The van der Waals surface area contributed by atoms with E-state index < -0.39 is 37.5 Å². The van der Waals surface area contributed by atoms with Gasteiger partial charge in [-0.05, 0) is 25.8 Å². The highest BCUT2D eigenvalue weighted by atomic mass is 31.2. The average molecular weight is 468 g/mol. The van der Waals surface area contributed by atoms with E-state index in [0.29, 0.717) is 6.42 Å². The summed E-state index contributed by atoms with van der Waals surface area (Å²) >= 11 is 0. The Morgan fingerprint density at radius 3 is 2.62 bits per heavy atom. The largest absolute Gasteiger partial charge is 0.472 e. The summed E-state index contributed by atoms with van der Waals surface area (Å²) in [6.07, 6.45) is 0.268. The Hall–Kier alpha value is -2.07. The summed E-state index contributed by atoms with van der Waals surface area (Å²) in [5.74, 6) is -0.0958. The van der Waals surface area contributed by atoms with Gasteiger partial charge in [-0.2, -0.15) is 0 Å². The van der Waals surface area contributed by atoms with E-state index in [1.54, 1.807) is 13.8 Å². The Balaban J connectivity index is 1.65. The first-order valence-corrected chi connectivity index (χ1v) is 11.9. The molecule has 4 atom stereocenters. The minimum atomic E-state index is -4.19. The van der Waals surface area contributed by atoms with Gasteiger partial charge >= 0.3 is 13.5 Å². The molecule has 1 saturated heterocycles. The zero-order chi connectivity index (χ0) is 23.3. The zero-order valence-corrected chi connectivity index (χ0v) is 19.2. The summed E-state index contributed by atoms with van der Waals surface area (Å²) in [6.45, 7) is 5.05. The molecular formula is C21H29N2O8P. The minimum Gasteiger partial charge on any atom is -0.356 e. The second-order valence-corrected chi connectivity index (χ2v) is 9.42. The van der Waals surface area contributed by atoms with Crippen molar-refractivity contribution in [3.05, 3.63) is 69.0 Å². The number of phosphoric ester groups is 1. The Morgan fingerprint density at radius 1 is 1.22 bits per heavy atom. The third-order valence-electron chi connectivity index (χ3n) is 4.92. The topological polar surface area (TPSA) is 118 Å². The Kier molecular flexibility index (Phi) is 8.21. The van der Waals surface area contributed by atoms with E-state index in [0.717, 1.165) is 10.1 Å². The molecular weight excluding hydrogens is 439 g/mol. The number of benzene rings is 1. The van der Waals surface area contributed by atoms with Crippen LogP contribution in [0, 0.1) is 5.92 Å². The van der Waals surface area contributed by atoms with Gasteiger partial charge in [0.25, 0.3) is 5.56 Å². The van der Waals surface area contributed by atoms with Crippen molar-refractivity contribution >= 4 is 7.82 Å². The predicted octanol–water partition coefficient (Wildman–Crippen LogP) is 2.65. The van der Waals surface area contributed by atoms with Crippen LogP contribution in [0.25, 0.3) is 0 Å². The van der Waals surface area contributed by atoms with Crippen LogP contribution in [-0.4, -0.2) is 32.8 Å². The van der Waals surface area contributed by atoms with Crippen molar-refractivity contribution in [2.24, 2.45) is 5.92 Å². The maximum absolute atomic E-state index is 12.9. The predicted molar refractivity (Wildman–Crippen MR) is 116 cm³/mol. The molecule has 0 spiro atoms. The second-order valence-electron chi connectivity index (χ2n) is 8.02. The second kappa shape index (κ2) is 10.7. The summed E-state index contributed by atoms with van der Waals surface area (Å²) < 4.78 is 35.6. The van der Waals surface area contributed by atoms with Gasteiger partial charge in [-0.1, -0.05) is 37.3 Å². The first-order valence-electron chi connectivity index (χ1n) is 10.4. The van der Waals surface area contributed by atoms with Crippen molar-refractivity contribution in [2.75, 3.05) is 6.61 Å². The molecule has 0 radical (unpaired) electrons. The van der Waals surface area contributed by atoms with Gasteiger partial charge in [0.15, 0.2) is 0 Å². The van der Waals surface area contributed by atoms with Gasteiger partial charge in [-0.15, -0.1) is 0 Å². The van der Waals surface area contributed by atoms with Gasteiger partial charge in [-0.25, -0.2) is 13.9 Å². The Morgan fingerprint density at radius 2 is 1.94 bits per heavy atom. The van der Waals surface area contributed by atoms with Crippen LogP contribution in [-0.2, 0) is 36.4 Å². The standard InChI is InChI=1S/C21H29N2O8P/c1-15(2)31-32(26,27)29-13-18-11-16(3)20(30-18)22-10-9-19(24)23(21(22)25)14-28-12-17-7-5-4-6-8-17/h4-10,15-16,18,20H,11-14H2,1-3H3,(H,26,27). The highest BCUT2D eigenvalue weighted by Gasteiger charge is 2.36. The Bertz CT molecular complexity index is 1050. The molecule has 176 valence electrons. The fourth-order valence-corrected chi connectivity index (χ4v) is 4.46. The van der Waals surface area contributed by atoms with Crippen molar-refractivity contribution in [2.45, 2.75) is 59.0 Å². The van der Waals surface area contributed by atoms with Crippen molar-refractivity contribution in [3.63, 3.8) is 0 Å². The summed E-state index contributed by atoms with van der Waals surface area (Å²) in [4.78, 5) is 34.9. The van der Waals surface area contributed by atoms with Gasteiger partial charge < -0.3 is 14.4 Å². The number of phosphoric acid groups is 1. The molecule has 0 saturated carbocycles. The summed E-state index contributed by atoms with van der Waals surface area (Å²) in [6, 6.07) is 10.7. The lowest BCUT2D eigenvalue weighted by Crippen LogP contribution is -2.41. The molecule has 1 aromatic carbocycles. The number of nitrogens with zero attached hydrogens (tertiary/aromatic N) is 2. The van der Waals surface area contributed by atoms with Crippen LogP contribution in [0.3, 0.4) is 0 Å². The lowest BCUT2D eigenvalue weighted by atomic mass is 10.1. The first-order chi connectivity index (χ1) is 15.2. The zero-order valence-electron chi connectivity index (χ0n) is 18.3. The van der Waals surface area contributed by atoms with E-state index in [4.69, 9.17) is 18.5 Å². The highest BCUT2D eigenvalue weighted by molar-refractivity contribution is 7.47. The van der Waals surface area contributed by atoms with Crippen molar-refractivity contribution < 1.29 is 28.0 Å². The molecule has 1 aromatic heterocycles. The number of hydrogen-bond donors (Lipinski definition) is 1. The third-order valence-corrected chi connectivity index (χ3v) is 6.09. The van der Waals surface area contributed by atoms with Gasteiger partial charge in [-0.3, -0.25) is 18.4 Å². The van der Waals surface area contributed by atoms with Crippen LogP contribution in [0.1, 0.15) is 39.0 Å². The first kappa shape index (κ1) is 24.6. The molecule has 1 aliphatic rings. The fraction of sp³-hybridized carbons (Fsp3) is 0.524. The maximum atomic E-state index is 12.9. The molecule has 32 heavy (non-hydrogen) atoms.